The number of anilines is 1. The number of amides is 2. The van der Waals surface area contributed by atoms with Gasteiger partial charge in [0, 0.05) is 17.6 Å². The molecule has 0 heterocycles. The summed E-state index contributed by atoms with van der Waals surface area (Å²) in [6, 6.07) is 17.4. The van der Waals surface area contributed by atoms with Crippen molar-refractivity contribution < 1.29 is 22.4 Å². The van der Waals surface area contributed by atoms with E-state index in [0.29, 0.717) is 6.54 Å². The summed E-state index contributed by atoms with van der Waals surface area (Å²) in [4.78, 5) is 28.1. The molecule has 3 rings (SSSR count). The zero-order valence-corrected chi connectivity index (χ0v) is 24.8. The van der Waals surface area contributed by atoms with E-state index in [1.54, 1.807) is 25.1 Å². The van der Waals surface area contributed by atoms with Crippen LogP contribution in [0.1, 0.15) is 32.3 Å². The third kappa shape index (κ3) is 8.03. The molecule has 0 aliphatic carbocycles. The molecule has 39 heavy (non-hydrogen) atoms. The molecule has 208 valence electrons. The van der Waals surface area contributed by atoms with Gasteiger partial charge in [0.1, 0.15) is 18.4 Å². The van der Waals surface area contributed by atoms with E-state index in [9.17, 15) is 22.4 Å². The number of rotatable bonds is 12. The smallest absolute Gasteiger partial charge is 0.264 e. The lowest BCUT2D eigenvalue weighted by atomic mass is 10.1. The second-order valence-corrected chi connectivity index (χ2v) is 12.1. The predicted molar refractivity (Wildman–Crippen MR) is 154 cm³/mol. The van der Waals surface area contributed by atoms with Gasteiger partial charge in [-0.25, -0.2) is 12.8 Å². The van der Waals surface area contributed by atoms with Crippen molar-refractivity contribution in [2.75, 3.05) is 17.4 Å². The highest BCUT2D eigenvalue weighted by molar-refractivity contribution is 9.10. The fourth-order valence-corrected chi connectivity index (χ4v) is 5.66. The molecule has 1 atom stereocenters. The Labute approximate surface area is 242 Å². The van der Waals surface area contributed by atoms with Gasteiger partial charge in [-0.2, -0.15) is 0 Å². The molecule has 0 aromatic heterocycles. The molecule has 1 N–H and O–H groups in total. The highest BCUT2D eigenvalue weighted by Gasteiger charge is 2.32. The Bertz CT molecular complexity index is 1390. The summed E-state index contributed by atoms with van der Waals surface area (Å²) in [5.41, 5.74) is 0.768. The lowest BCUT2D eigenvalue weighted by Gasteiger charge is -2.32. The van der Waals surface area contributed by atoms with Gasteiger partial charge >= 0.3 is 0 Å². The summed E-state index contributed by atoms with van der Waals surface area (Å²) < 4.78 is 43.1. The topological polar surface area (TPSA) is 86.8 Å². The van der Waals surface area contributed by atoms with Crippen molar-refractivity contribution in [3.63, 3.8) is 0 Å². The number of nitrogens with one attached hydrogen (secondary N) is 1. The molecule has 3 aromatic rings. The molecule has 3 aromatic carbocycles. The van der Waals surface area contributed by atoms with E-state index in [1.807, 2.05) is 31.2 Å². The molecule has 11 heteroatoms. The minimum atomic E-state index is -4.26. The van der Waals surface area contributed by atoms with Crippen LogP contribution in [0.3, 0.4) is 0 Å². The fourth-order valence-electron chi connectivity index (χ4n) is 3.79. The highest BCUT2D eigenvalue weighted by Crippen LogP contribution is 2.28. The van der Waals surface area contributed by atoms with E-state index in [1.165, 1.54) is 23.1 Å². The number of unbranched alkanes of at least 4 members (excludes halogenated alkanes) is 1. The van der Waals surface area contributed by atoms with Crippen LogP contribution in [0.4, 0.5) is 10.1 Å². The first kappa shape index (κ1) is 30.6. The van der Waals surface area contributed by atoms with Crippen LogP contribution in [0.25, 0.3) is 0 Å². The van der Waals surface area contributed by atoms with Gasteiger partial charge in [-0.05, 0) is 61.4 Å². The Morgan fingerprint density at radius 3 is 2.33 bits per heavy atom. The fraction of sp³-hybridized carbons (Fsp3) is 0.286. The van der Waals surface area contributed by atoms with Gasteiger partial charge in [0.15, 0.2) is 0 Å². The molecule has 0 spiro atoms. The maximum atomic E-state index is 13.9. The van der Waals surface area contributed by atoms with E-state index in [-0.39, 0.29) is 28.1 Å². The van der Waals surface area contributed by atoms with Crippen molar-refractivity contribution in [3.8, 4) is 0 Å². The standard InChI is InChI=1S/C28H30BrClFN3O4S/c1-3-4-16-32-28(36)20(2)33(18-21-10-12-22(29)13-11-21)27(35)19-34(23-14-15-26(31)25(30)17-23)39(37,38)24-8-6-5-7-9-24/h5-15,17,20H,3-4,16,18-19H2,1-2H3,(H,32,36)/t20-/m1/s1. The van der Waals surface area contributed by atoms with Gasteiger partial charge in [-0.1, -0.05) is 71.2 Å². The van der Waals surface area contributed by atoms with Crippen molar-refractivity contribution in [2.24, 2.45) is 0 Å². The molecular formula is C28H30BrClFN3O4S. The molecule has 0 radical (unpaired) electrons. The second kappa shape index (κ2) is 13.9. The Hall–Kier alpha value is -2.95. The van der Waals surface area contributed by atoms with Crippen molar-refractivity contribution >= 4 is 55.1 Å². The normalized spacial score (nSPS) is 12.0. The maximum absolute atomic E-state index is 13.9. The average Bonchev–Trinajstić information content (AvgIpc) is 2.93. The minimum absolute atomic E-state index is 0.0160. The van der Waals surface area contributed by atoms with E-state index in [4.69, 9.17) is 11.6 Å². The maximum Gasteiger partial charge on any atom is 0.264 e. The third-order valence-corrected chi connectivity index (χ3v) is 8.67. The number of hydrogen-bond acceptors (Lipinski definition) is 4. The number of hydrogen-bond donors (Lipinski definition) is 1. The number of benzene rings is 3. The summed E-state index contributed by atoms with van der Waals surface area (Å²) in [7, 11) is -4.26. The van der Waals surface area contributed by atoms with Gasteiger partial charge in [0.25, 0.3) is 10.0 Å². The molecule has 0 saturated carbocycles. The third-order valence-electron chi connectivity index (χ3n) is 6.06. The van der Waals surface area contributed by atoms with Gasteiger partial charge in [-0.15, -0.1) is 0 Å². The quantitative estimate of drug-likeness (QED) is 0.255. The molecule has 0 saturated heterocycles. The van der Waals surface area contributed by atoms with Crippen LogP contribution in [-0.4, -0.2) is 44.3 Å². The summed E-state index contributed by atoms with van der Waals surface area (Å²) in [6.07, 6.45) is 1.68. The molecule has 0 fully saturated rings. The van der Waals surface area contributed by atoms with Crippen molar-refractivity contribution in [2.45, 2.75) is 44.2 Å². The summed E-state index contributed by atoms with van der Waals surface area (Å²) in [5.74, 6) is -1.69. The Kier molecular flexibility index (Phi) is 10.9. The first-order chi connectivity index (χ1) is 18.5. The molecule has 0 unspecified atom stereocenters. The van der Waals surface area contributed by atoms with Gasteiger partial charge < -0.3 is 10.2 Å². The van der Waals surface area contributed by atoms with Crippen LogP contribution in [0.5, 0.6) is 0 Å². The first-order valence-corrected chi connectivity index (χ1v) is 15.0. The van der Waals surface area contributed by atoms with Crippen molar-refractivity contribution in [1.29, 1.82) is 0 Å². The molecule has 0 aliphatic heterocycles. The van der Waals surface area contributed by atoms with E-state index in [2.05, 4.69) is 21.2 Å². The Morgan fingerprint density at radius 1 is 1.05 bits per heavy atom. The lowest BCUT2D eigenvalue weighted by Crippen LogP contribution is -2.51. The zero-order chi connectivity index (χ0) is 28.6. The van der Waals surface area contributed by atoms with E-state index >= 15 is 0 Å². The highest BCUT2D eigenvalue weighted by atomic mass is 79.9. The van der Waals surface area contributed by atoms with Crippen molar-refractivity contribution in [1.82, 2.24) is 10.2 Å². The van der Waals surface area contributed by atoms with E-state index in [0.717, 1.165) is 39.3 Å². The number of nitrogens with zero attached hydrogens (tertiary/aromatic N) is 2. The van der Waals surface area contributed by atoms with E-state index < -0.39 is 34.3 Å². The molecule has 2 amide bonds. The summed E-state index contributed by atoms with van der Waals surface area (Å²) in [5, 5.41) is 2.55. The summed E-state index contributed by atoms with van der Waals surface area (Å²) in [6.45, 7) is 3.49. The van der Waals surface area contributed by atoms with Crippen LogP contribution >= 0.6 is 27.5 Å². The summed E-state index contributed by atoms with van der Waals surface area (Å²) >= 11 is 9.36. The molecule has 7 nitrogen and oxygen atoms in total. The molecule has 0 aliphatic rings. The van der Waals surface area contributed by atoms with Crippen LogP contribution < -0.4 is 9.62 Å². The molecular weight excluding hydrogens is 609 g/mol. The van der Waals surface area contributed by atoms with Gasteiger partial charge in [0.2, 0.25) is 11.8 Å². The van der Waals surface area contributed by atoms with Gasteiger partial charge in [0.05, 0.1) is 15.6 Å². The monoisotopic (exact) mass is 637 g/mol. The average molecular weight is 639 g/mol. The largest absolute Gasteiger partial charge is 0.354 e. The molecule has 0 bridgehead atoms. The number of halogens is 3. The predicted octanol–water partition coefficient (Wildman–Crippen LogP) is 5.77. The van der Waals surface area contributed by atoms with Crippen molar-refractivity contribution in [3.05, 3.63) is 93.7 Å². The van der Waals surface area contributed by atoms with Crippen LogP contribution in [0.15, 0.2) is 82.2 Å². The Balaban J connectivity index is 2.00. The minimum Gasteiger partial charge on any atom is -0.354 e. The second-order valence-electron chi connectivity index (χ2n) is 8.89. The number of sulfonamides is 1. The van der Waals surface area contributed by atoms with Gasteiger partial charge in [-0.3, -0.25) is 13.9 Å². The zero-order valence-electron chi connectivity index (χ0n) is 21.6. The number of carbonyl (C=O) groups excluding carboxylic acids is 2. The van der Waals surface area contributed by atoms with Crippen LogP contribution in [-0.2, 0) is 26.2 Å². The SMILES string of the molecule is CCCCNC(=O)[C@@H](C)N(Cc1ccc(Br)cc1)C(=O)CN(c1ccc(F)c(Cl)c1)S(=O)(=O)c1ccccc1. The lowest BCUT2D eigenvalue weighted by molar-refractivity contribution is -0.139. The van der Waals surface area contributed by atoms with Crippen LogP contribution in [0, 0.1) is 5.82 Å². The number of carbonyl (C=O) groups is 2. The Morgan fingerprint density at radius 2 is 1.72 bits per heavy atom. The van der Waals surface area contributed by atoms with Crippen LogP contribution in [0.2, 0.25) is 5.02 Å². The first-order valence-electron chi connectivity index (χ1n) is 12.4.